The largest absolute Gasteiger partial charge is 0.255 e. The number of aryl methyl sites for hydroxylation is 1. The average molecular weight is 207 g/mol. The summed E-state index contributed by atoms with van der Waals surface area (Å²) in [5.41, 5.74) is 0. The Bertz CT molecular complexity index is 212. The first-order chi connectivity index (χ1) is 5.33. The summed E-state index contributed by atoms with van der Waals surface area (Å²) in [5, 5.41) is 10.00. The minimum atomic E-state index is 0.892. The van der Waals surface area contributed by atoms with Crippen molar-refractivity contribution in [2.24, 2.45) is 0 Å². The third-order valence-electron chi connectivity index (χ3n) is 1.07. The molecule has 0 saturated carbocycles. The molecule has 0 atom stereocenters. The van der Waals surface area contributed by atoms with Crippen LogP contribution in [-0.4, -0.2) is 16.7 Å². The van der Waals surface area contributed by atoms with Gasteiger partial charge in [-0.05, 0) is 17.9 Å². The Morgan fingerprint density at radius 1 is 1.64 bits per heavy atom. The van der Waals surface area contributed by atoms with Crippen LogP contribution < -0.4 is 4.72 Å². The molecular formula is C5H9N3S3. The van der Waals surface area contributed by atoms with Crippen LogP contribution in [0.5, 0.6) is 0 Å². The smallest absolute Gasteiger partial charge is 0.118 e. The molecule has 1 rings (SSSR count). The SMILES string of the molecule is Cc1nnc(CCNSS)s1. The molecule has 3 nitrogen and oxygen atoms in total. The highest BCUT2D eigenvalue weighted by Crippen LogP contribution is 2.08. The Morgan fingerprint density at radius 3 is 3.00 bits per heavy atom. The third-order valence-corrected chi connectivity index (χ3v) is 2.69. The Kier molecular flexibility index (Phi) is 4.21. The van der Waals surface area contributed by atoms with Gasteiger partial charge in [-0.25, -0.2) is 0 Å². The zero-order chi connectivity index (χ0) is 8.10. The molecule has 0 unspecified atom stereocenters. The van der Waals surface area contributed by atoms with Gasteiger partial charge in [-0.2, -0.15) is 0 Å². The minimum Gasteiger partial charge on any atom is -0.255 e. The molecule has 62 valence electrons. The van der Waals surface area contributed by atoms with Gasteiger partial charge in [-0.15, -0.1) is 21.5 Å². The molecule has 1 N–H and O–H groups in total. The zero-order valence-corrected chi connectivity index (χ0v) is 8.60. The van der Waals surface area contributed by atoms with E-state index in [9.17, 15) is 0 Å². The summed E-state index contributed by atoms with van der Waals surface area (Å²) in [4.78, 5) is 0. The van der Waals surface area contributed by atoms with Gasteiger partial charge in [-0.3, -0.25) is 4.72 Å². The van der Waals surface area contributed by atoms with Crippen molar-refractivity contribution in [3.63, 3.8) is 0 Å². The van der Waals surface area contributed by atoms with Crippen LogP contribution in [0.4, 0.5) is 0 Å². The second-order valence-corrected chi connectivity index (χ2v) is 4.24. The molecule has 1 heterocycles. The number of nitrogens with one attached hydrogen (secondary N) is 1. The van der Waals surface area contributed by atoms with Crippen molar-refractivity contribution >= 4 is 34.0 Å². The van der Waals surface area contributed by atoms with Crippen LogP contribution in [0.3, 0.4) is 0 Å². The topological polar surface area (TPSA) is 37.8 Å². The standard InChI is InChI=1S/C5H9N3S3/c1-4-7-8-5(10-4)2-3-6-11-9/h6,9H,2-3H2,1H3. The molecule has 0 aliphatic carbocycles. The van der Waals surface area contributed by atoms with E-state index in [-0.39, 0.29) is 0 Å². The molecule has 1 aromatic heterocycles. The molecule has 0 fully saturated rings. The van der Waals surface area contributed by atoms with Crippen molar-refractivity contribution in [2.45, 2.75) is 13.3 Å². The first kappa shape index (κ1) is 9.31. The molecule has 1 aromatic rings. The highest BCUT2D eigenvalue weighted by Gasteiger charge is 1.98. The van der Waals surface area contributed by atoms with Crippen LogP contribution in [0.2, 0.25) is 0 Å². The molecule has 0 amide bonds. The van der Waals surface area contributed by atoms with E-state index in [1.54, 1.807) is 11.3 Å². The third kappa shape index (κ3) is 3.42. The molecule has 0 aromatic carbocycles. The van der Waals surface area contributed by atoms with Gasteiger partial charge >= 0.3 is 0 Å². The normalized spacial score (nSPS) is 10.4. The zero-order valence-electron chi connectivity index (χ0n) is 6.07. The van der Waals surface area contributed by atoms with Gasteiger partial charge in [-0.1, -0.05) is 11.7 Å². The molecule has 0 aliphatic rings. The van der Waals surface area contributed by atoms with Crippen LogP contribution in [0.1, 0.15) is 10.0 Å². The van der Waals surface area contributed by atoms with E-state index in [1.807, 2.05) is 6.92 Å². The Labute approximate surface area is 78.9 Å². The van der Waals surface area contributed by atoms with E-state index >= 15 is 0 Å². The molecule has 6 heteroatoms. The van der Waals surface area contributed by atoms with Crippen LogP contribution >= 0.6 is 34.0 Å². The van der Waals surface area contributed by atoms with E-state index in [2.05, 4.69) is 26.6 Å². The van der Waals surface area contributed by atoms with Gasteiger partial charge in [0.2, 0.25) is 0 Å². The summed E-state index contributed by atoms with van der Waals surface area (Å²) >= 11 is 5.59. The summed E-state index contributed by atoms with van der Waals surface area (Å²) in [6.45, 7) is 2.85. The Balaban J connectivity index is 2.27. The molecule has 0 aliphatic heterocycles. The van der Waals surface area contributed by atoms with Crippen LogP contribution in [0.15, 0.2) is 0 Å². The number of hydrogen-bond donors (Lipinski definition) is 2. The summed E-state index contributed by atoms with van der Waals surface area (Å²) in [6.07, 6.45) is 0.930. The highest BCUT2D eigenvalue weighted by atomic mass is 33.1. The first-order valence-electron chi connectivity index (χ1n) is 3.15. The Morgan fingerprint density at radius 2 is 2.45 bits per heavy atom. The maximum atomic E-state index is 3.98. The monoisotopic (exact) mass is 207 g/mol. The number of nitrogens with zero attached hydrogens (tertiary/aromatic N) is 2. The van der Waals surface area contributed by atoms with Gasteiger partial charge in [0.25, 0.3) is 0 Å². The Hall–Kier alpha value is 0.220. The van der Waals surface area contributed by atoms with Crippen molar-refractivity contribution in [1.82, 2.24) is 14.9 Å². The van der Waals surface area contributed by atoms with E-state index in [1.165, 1.54) is 11.0 Å². The molecule has 0 bridgehead atoms. The number of rotatable bonds is 4. The molecule has 0 radical (unpaired) electrons. The maximum absolute atomic E-state index is 3.98. The fraction of sp³-hybridized carbons (Fsp3) is 0.600. The molecule has 0 spiro atoms. The van der Waals surface area contributed by atoms with Gasteiger partial charge in [0.05, 0.1) is 0 Å². The molecule has 11 heavy (non-hydrogen) atoms. The van der Waals surface area contributed by atoms with Gasteiger partial charge < -0.3 is 0 Å². The van der Waals surface area contributed by atoms with E-state index in [0.29, 0.717) is 0 Å². The second-order valence-electron chi connectivity index (χ2n) is 1.95. The fourth-order valence-corrected chi connectivity index (χ4v) is 1.82. The van der Waals surface area contributed by atoms with Gasteiger partial charge in [0.15, 0.2) is 0 Å². The number of aromatic nitrogens is 2. The highest BCUT2D eigenvalue weighted by molar-refractivity contribution is 8.67. The summed E-state index contributed by atoms with van der Waals surface area (Å²) in [7, 11) is 1.33. The second kappa shape index (κ2) is 4.97. The van der Waals surface area contributed by atoms with Crippen molar-refractivity contribution in [3.8, 4) is 0 Å². The van der Waals surface area contributed by atoms with Crippen LogP contribution in [-0.2, 0) is 6.42 Å². The lowest BCUT2D eigenvalue weighted by atomic mass is 10.5. The lowest BCUT2D eigenvalue weighted by Crippen LogP contribution is -2.05. The quantitative estimate of drug-likeness (QED) is 0.339. The predicted molar refractivity (Wildman–Crippen MR) is 52.9 cm³/mol. The van der Waals surface area contributed by atoms with Crippen LogP contribution in [0, 0.1) is 6.92 Å². The van der Waals surface area contributed by atoms with Crippen molar-refractivity contribution in [3.05, 3.63) is 10.0 Å². The lowest BCUT2D eigenvalue weighted by Gasteiger charge is -1.93. The number of hydrogen-bond acceptors (Lipinski definition) is 6. The van der Waals surface area contributed by atoms with Gasteiger partial charge in [0, 0.05) is 13.0 Å². The fourth-order valence-electron chi connectivity index (χ4n) is 0.642. The van der Waals surface area contributed by atoms with E-state index in [0.717, 1.165) is 23.0 Å². The van der Waals surface area contributed by atoms with Crippen molar-refractivity contribution in [1.29, 1.82) is 0 Å². The van der Waals surface area contributed by atoms with Crippen LogP contribution in [0.25, 0.3) is 0 Å². The molecular weight excluding hydrogens is 198 g/mol. The van der Waals surface area contributed by atoms with E-state index in [4.69, 9.17) is 0 Å². The summed E-state index contributed by atoms with van der Waals surface area (Å²) in [5.74, 6) is 0. The predicted octanol–water partition coefficient (Wildman–Crippen LogP) is 1.47. The lowest BCUT2D eigenvalue weighted by molar-refractivity contribution is 0.872. The van der Waals surface area contributed by atoms with E-state index < -0.39 is 0 Å². The maximum Gasteiger partial charge on any atom is 0.118 e. The van der Waals surface area contributed by atoms with Crippen molar-refractivity contribution in [2.75, 3.05) is 6.54 Å². The minimum absolute atomic E-state index is 0.892. The summed E-state index contributed by atoms with van der Waals surface area (Å²) in [6, 6.07) is 0. The van der Waals surface area contributed by atoms with Crippen molar-refractivity contribution < 1.29 is 0 Å². The molecule has 0 saturated heterocycles. The van der Waals surface area contributed by atoms with Gasteiger partial charge in [0.1, 0.15) is 10.0 Å². The first-order valence-corrected chi connectivity index (χ1v) is 5.83. The average Bonchev–Trinajstić information content (AvgIpc) is 2.37. The number of thiol groups is 1. The summed E-state index contributed by atoms with van der Waals surface area (Å²) < 4.78 is 3.03.